The quantitative estimate of drug-likeness (QED) is 0.824. The molecule has 5 heteroatoms. The summed E-state index contributed by atoms with van der Waals surface area (Å²) >= 11 is 11.8. The van der Waals surface area contributed by atoms with Gasteiger partial charge in [-0.25, -0.2) is 0 Å². The molecule has 0 aliphatic rings. The fourth-order valence-corrected chi connectivity index (χ4v) is 2.34. The molecule has 0 bridgehead atoms. The molecule has 2 aromatic rings. The Hall–Kier alpha value is -1.71. The highest BCUT2D eigenvalue weighted by Gasteiger charge is 2.11. The number of hydrogen-bond donors (Lipinski definition) is 2. The summed E-state index contributed by atoms with van der Waals surface area (Å²) in [5.41, 5.74) is 9.99. The molecule has 0 saturated heterocycles. The van der Waals surface area contributed by atoms with Crippen LogP contribution in [0.15, 0.2) is 30.3 Å². The summed E-state index contributed by atoms with van der Waals surface area (Å²) < 4.78 is 0. The van der Waals surface area contributed by atoms with Crippen molar-refractivity contribution in [2.24, 2.45) is 0 Å². The second kappa shape index (κ2) is 6.37. The van der Waals surface area contributed by atoms with E-state index in [1.165, 1.54) is 0 Å². The van der Waals surface area contributed by atoms with Gasteiger partial charge in [-0.3, -0.25) is 4.79 Å². The second-order valence-corrected chi connectivity index (χ2v) is 5.76. The molecule has 0 unspecified atom stereocenters. The van der Waals surface area contributed by atoms with E-state index < -0.39 is 0 Å². The van der Waals surface area contributed by atoms with Crippen LogP contribution in [0.1, 0.15) is 16.7 Å². The maximum Gasteiger partial charge on any atom is 0.228 e. The van der Waals surface area contributed by atoms with E-state index in [4.69, 9.17) is 28.9 Å². The summed E-state index contributed by atoms with van der Waals surface area (Å²) in [5.74, 6) is -0.145. The summed E-state index contributed by atoms with van der Waals surface area (Å²) in [6.07, 6.45) is 0.212. The van der Waals surface area contributed by atoms with E-state index in [-0.39, 0.29) is 12.3 Å². The number of aryl methyl sites for hydroxylation is 1. The van der Waals surface area contributed by atoms with Crippen LogP contribution in [0.5, 0.6) is 0 Å². The number of halogens is 2. The third-order valence-electron chi connectivity index (χ3n) is 3.38. The van der Waals surface area contributed by atoms with Crippen molar-refractivity contribution >= 4 is 40.5 Å². The maximum absolute atomic E-state index is 12.2. The number of benzene rings is 2. The van der Waals surface area contributed by atoms with Crippen molar-refractivity contribution in [2.45, 2.75) is 20.3 Å². The number of carbonyl (C=O) groups is 1. The fourth-order valence-electron chi connectivity index (χ4n) is 2.02. The average molecular weight is 323 g/mol. The molecule has 21 heavy (non-hydrogen) atoms. The molecule has 2 aromatic carbocycles. The van der Waals surface area contributed by atoms with Gasteiger partial charge in [0.2, 0.25) is 5.91 Å². The van der Waals surface area contributed by atoms with E-state index in [1.807, 2.05) is 19.9 Å². The third-order valence-corrected chi connectivity index (χ3v) is 4.12. The highest BCUT2D eigenvalue weighted by Crippen LogP contribution is 2.26. The highest BCUT2D eigenvalue weighted by atomic mass is 35.5. The summed E-state index contributed by atoms with van der Waals surface area (Å²) in [4.78, 5) is 12.2. The predicted octanol–water partition coefficient (Wildman–Crippen LogP) is 4.37. The summed E-state index contributed by atoms with van der Waals surface area (Å²) in [6.45, 7) is 3.91. The van der Waals surface area contributed by atoms with E-state index >= 15 is 0 Å². The number of carbonyl (C=O) groups excluding carboxylic acids is 1. The SMILES string of the molecule is Cc1ccc(N)c(NC(=O)Cc2ccc(Cl)c(Cl)c2)c1C. The van der Waals surface area contributed by atoms with Crippen molar-refractivity contribution in [3.05, 3.63) is 57.1 Å². The largest absolute Gasteiger partial charge is 0.397 e. The van der Waals surface area contributed by atoms with Gasteiger partial charge in [-0.1, -0.05) is 35.3 Å². The standard InChI is InChI=1S/C16H16Cl2N2O/c1-9-3-6-14(19)16(10(9)2)20-15(21)8-11-4-5-12(17)13(18)7-11/h3-7H,8,19H2,1-2H3,(H,20,21). The number of nitrogens with one attached hydrogen (secondary N) is 1. The Labute approximate surface area is 134 Å². The van der Waals surface area contributed by atoms with Crippen molar-refractivity contribution in [3.63, 3.8) is 0 Å². The Balaban J connectivity index is 2.15. The number of hydrogen-bond acceptors (Lipinski definition) is 2. The molecule has 0 atom stereocenters. The molecular formula is C16H16Cl2N2O. The van der Waals surface area contributed by atoms with Gasteiger partial charge in [-0.15, -0.1) is 0 Å². The van der Waals surface area contributed by atoms with Crippen molar-refractivity contribution in [1.29, 1.82) is 0 Å². The Morgan fingerprint density at radius 2 is 1.86 bits per heavy atom. The van der Waals surface area contributed by atoms with E-state index in [9.17, 15) is 4.79 Å². The molecule has 2 rings (SSSR count). The molecule has 110 valence electrons. The van der Waals surface area contributed by atoms with Gasteiger partial charge in [0.05, 0.1) is 27.8 Å². The van der Waals surface area contributed by atoms with Crippen LogP contribution in [-0.2, 0) is 11.2 Å². The molecule has 0 heterocycles. The molecule has 0 aromatic heterocycles. The first-order valence-electron chi connectivity index (χ1n) is 6.48. The predicted molar refractivity (Wildman–Crippen MR) is 89.1 cm³/mol. The Morgan fingerprint density at radius 1 is 1.14 bits per heavy atom. The van der Waals surface area contributed by atoms with E-state index in [0.717, 1.165) is 16.7 Å². The van der Waals surface area contributed by atoms with Crippen LogP contribution in [-0.4, -0.2) is 5.91 Å². The zero-order valence-corrected chi connectivity index (χ0v) is 13.3. The lowest BCUT2D eigenvalue weighted by Gasteiger charge is -2.13. The lowest BCUT2D eigenvalue weighted by atomic mass is 10.1. The van der Waals surface area contributed by atoms with E-state index in [2.05, 4.69) is 5.32 Å². The molecule has 0 aliphatic heterocycles. The maximum atomic E-state index is 12.2. The van der Waals surface area contributed by atoms with Gasteiger partial charge in [-0.05, 0) is 48.7 Å². The van der Waals surface area contributed by atoms with Gasteiger partial charge in [0.15, 0.2) is 0 Å². The molecule has 1 amide bonds. The summed E-state index contributed by atoms with van der Waals surface area (Å²) in [5, 5.41) is 3.77. The van der Waals surface area contributed by atoms with Crippen LogP contribution >= 0.6 is 23.2 Å². The lowest BCUT2D eigenvalue weighted by Crippen LogP contribution is -2.16. The van der Waals surface area contributed by atoms with Crippen molar-refractivity contribution in [1.82, 2.24) is 0 Å². The first-order chi connectivity index (χ1) is 9.88. The van der Waals surface area contributed by atoms with Gasteiger partial charge in [0.1, 0.15) is 0 Å². The van der Waals surface area contributed by atoms with E-state index in [1.54, 1.807) is 24.3 Å². The van der Waals surface area contributed by atoms with Crippen LogP contribution in [0.25, 0.3) is 0 Å². The first-order valence-corrected chi connectivity index (χ1v) is 7.23. The summed E-state index contributed by atoms with van der Waals surface area (Å²) in [7, 11) is 0. The van der Waals surface area contributed by atoms with Crippen LogP contribution < -0.4 is 11.1 Å². The molecule has 3 nitrogen and oxygen atoms in total. The second-order valence-electron chi connectivity index (χ2n) is 4.95. The molecule has 0 saturated carbocycles. The molecule has 0 spiro atoms. The lowest BCUT2D eigenvalue weighted by molar-refractivity contribution is -0.115. The fraction of sp³-hybridized carbons (Fsp3) is 0.188. The highest BCUT2D eigenvalue weighted by molar-refractivity contribution is 6.42. The van der Waals surface area contributed by atoms with Crippen LogP contribution in [0.3, 0.4) is 0 Å². The molecular weight excluding hydrogens is 307 g/mol. The van der Waals surface area contributed by atoms with Crippen LogP contribution in [0, 0.1) is 13.8 Å². The number of amides is 1. The Bertz CT molecular complexity index is 699. The number of nitrogen functional groups attached to an aromatic ring is 1. The Kier molecular flexibility index (Phi) is 4.76. The molecule has 0 radical (unpaired) electrons. The van der Waals surface area contributed by atoms with Crippen molar-refractivity contribution in [3.8, 4) is 0 Å². The van der Waals surface area contributed by atoms with Crippen molar-refractivity contribution < 1.29 is 4.79 Å². The number of anilines is 2. The molecule has 3 N–H and O–H groups in total. The number of nitrogens with two attached hydrogens (primary N) is 1. The normalized spacial score (nSPS) is 10.5. The van der Waals surface area contributed by atoms with Crippen LogP contribution in [0.4, 0.5) is 11.4 Å². The minimum atomic E-state index is -0.145. The van der Waals surface area contributed by atoms with E-state index in [0.29, 0.717) is 21.4 Å². The zero-order chi connectivity index (χ0) is 15.6. The Morgan fingerprint density at radius 3 is 2.52 bits per heavy atom. The van der Waals surface area contributed by atoms with Gasteiger partial charge >= 0.3 is 0 Å². The van der Waals surface area contributed by atoms with Crippen molar-refractivity contribution in [2.75, 3.05) is 11.1 Å². The minimum Gasteiger partial charge on any atom is -0.397 e. The number of rotatable bonds is 3. The minimum absolute atomic E-state index is 0.145. The van der Waals surface area contributed by atoms with Gasteiger partial charge in [0, 0.05) is 0 Å². The first kappa shape index (κ1) is 15.7. The smallest absolute Gasteiger partial charge is 0.228 e. The average Bonchev–Trinajstić information content (AvgIpc) is 2.43. The zero-order valence-electron chi connectivity index (χ0n) is 11.8. The molecule has 0 fully saturated rings. The monoisotopic (exact) mass is 322 g/mol. The van der Waals surface area contributed by atoms with Gasteiger partial charge < -0.3 is 11.1 Å². The topological polar surface area (TPSA) is 55.1 Å². The third kappa shape index (κ3) is 3.69. The van der Waals surface area contributed by atoms with Crippen LogP contribution in [0.2, 0.25) is 10.0 Å². The van der Waals surface area contributed by atoms with Gasteiger partial charge in [-0.2, -0.15) is 0 Å². The molecule has 0 aliphatic carbocycles. The van der Waals surface area contributed by atoms with Gasteiger partial charge in [0.25, 0.3) is 0 Å². The summed E-state index contributed by atoms with van der Waals surface area (Å²) in [6, 6.07) is 8.87.